The van der Waals surface area contributed by atoms with Crippen LogP contribution in [0.1, 0.15) is 22.3 Å². The number of allylic oxidation sites excluding steroid dienone is 1. The van der Waals surface area contributed by atoms with E-state index in [1.807, 2.05) is 37.3 Å². The van der Waals surface area contributed by atoms with Crippen molar-refractivity contribution in [1.82, 2.24) is 0 Å². The molecule has 0 aliphatic heterocycles. The molecule has 3 aromatic carbocycles. The van der Waals surface area contributed by atoms with Crippen LogP contribution in [-0.4, -0.2) is 7.11 Å². The summed E-state index contributed by atoms with van der Waals surface area (Å²) in [7, 11) is 1.55. The Morgan fingerprint density at radius 3 is 2.55 bits per heavy atom. The zero-order chi connectivity index (χ0) is 20.8. The van der Waals surface area contributed by atoms with Crippen LogP contribution >= 0.6 is 15.9 Å². The lowest BCUT2D eigenvalue weighted by atomic mass is 10.0. The molecule has 0 aliphatic rings. The summed E-state index contributed by atoms with van der Waals surface area (Å²) in [4.78, 5) is 0. The Kier molecular flexibility index (Phi) is 6.69. The third-order valence-corrected chi connectivity index (χ3v) is 4.91. The van der Waals surface area contributed by atoms with Crippen molar-refractivity contribution in [3.63, 3.8) is 0 Å². The van der Waals surface area contributed by atoms with Crippen LogP contribution in [0.3, 0.4) is 0 Å². The highest BCUT2D eigenvalue weighted by Crippen LogP contribution is 2.38. The average Bonchev–Trinajstić information content (AvgIpc) is 2.71. The van der Waals surface area contributed by atoms with Crippen LogP contribution in [0.5, 0.6) is 11.5 Å². The van der Waals surface area contributed by atoms with E-state index in [9.17, 15) is 9.65 Å². The van der Waals surface area contributed by atoms with E-state index in [1.54, 1.807) is 31.4 Å². The fourth-order valence-electron chi connectivity index (χ4n) is 2.83. The lowest BCUT2D eigenvalue weighted by Crippen LogP contribution is -1.99. The number of nitrogens with zero attached hydrogens (tertiary/aromatic N) is 1. The SMILES string of the molecule is COc1cc(/C=C(\C#N)c2ccc(C)cc2)cc(Br)c1OCc1cccc(F)c1. The van der Waals surface area contributed by atoms with Crippen LogP contribution in [0.25, 0.3) is 11.6 Å². The summed E-state index contributed by atoms with van der Waals surface area (Å²) >= 11 is 3.51. The first-order chi connectivity index (χ1) is 14.0. The molecule has 3 rings (SSSR count). The van der Waals surface area contributed by atoms with Crippen LogP contribution in [0, 0.1) is 24.1 Å². The third kappa shape index (κ3) is 5.24. The smallest absolute Gasteiger partial charge is 0.175 e. The molecule has 3 nitrogen and oxygen atoms in total. The molecule has 29 heavy (non-hydrogen) atoms. The Labute approximate surface area is 178 Å². The largest absolute Gasteiger partial charge is 0.493 e. The summed E-state index contributed by atoms with van der Waals surface area (Å²) in [5.41, 5.74) is 4.04. The molecule has 0 aromatic heterocycles. The van der Waals surface area contributed by atoms with E-state index in [0.717, 1.165) is 16.7 Å². The maximum Gasteiger partial charge on any atom is 0.175 e. The summed E-state index contributed by atoms with van der Waals surface area (Å²) in [6.07, 6.45) is 1.80. The molecule has 0 N–H and O–H groups in total. The molecule has 0 radical (unpaired) electrons. The molecule has 0 heterocycles. The first-order valence-electron chi connectivity index (χ1n) is 8.94. The molecule has 5 heteroatoms. The number of hydrogen-bond donors (Lipinski definition) is 0. The van der Waals surface area contributed by atoms with E-state index in [1.165, 1.54) is 12.1 Å². The zero-order valence-corrected chi connectivity index (χ0v) is 17.7. The molecule has 3 aromatic rings. The molecular weight excluding hydrogens is 433 g/mol. The van der Waals surface area contributed by atoms with Gasteiger partial charge in [0.05, 0.1) is 23.2 Å². The van der Waals surface area contributed by atoms with Crippen molar-refractivity contribution in [3.8, 4) is 17.6 Å². The molecular formula is C24H19BrFNO2. The summed E-state index contributed by atoms with van der Waals surface area (Å²) in [5, 5.41) is 9.58. The second kappa shape index (κ2) is 9.40. The number of ether oxygens (including phenoxy) is 2. The van der Waals surface area contributed by atoms with Crippen LogP contribution in [0.2, 0.25) is 0 Å². The van der Waals surface area contributed by atoms with Crippen LogP contribution in [0.4, 0.5) is 4.39 Å². The Hall–Kier alpha value is -3.10. The molecule has 0 atom stereocenters. The highest BCUT2D eigenvalue weighted by molar-refractivity contribution is 9.10. The monoisotopic (exact) mass is 451 g/mol. The predicted molar refractivity (Wildman–Crippen MR) is 116 cm³/mol. The van der Waals surface area contributed by atoms with Gasteiger partial charge in [0.15, 0.2) is 11.5 Å². The molecule has 0 saturated carbocycles. The number of benzene rings is 3. The topological polar surface area (TPSA) is 42.2 Å². The van der Waals surface area contributed by atoms with E-state index in [-0.39, 0.29) is 12.4 Å². The van der Waals surface area contributed by atoms with E-state index in [0.29, 0.717) is 27.1 Å². The van der Waals surface area contributed by atoms with E-state index < -0.39 is 0 Å². The fraction of sp³-hybridized carbons (Fsp3) is 0.125. The Morgan fingerprint density at radius 2 is 1.90 bits per heavy atom. The molecule has 0 unspecified atom stereocenters. The predicted octanol–water partition coefficient (Wildman–Crippen LogP) is 6.55. The minimum absolute atomic E-state index is 0.203. The van der Waals surface area contributed by atoms with Gasteiger partial charge in [-0.05, 0) is 69.9 Å². The van der Waals surface area contributed by atoms with Crippen molar-refractivity contribution in [2.45, 2.75) is 13.5 Å². The van der Waals surface area contributed by atoms with Gasteiger partial charge in [-0.1, -0.05) is 42.0 Å². The number of nitriles is 1. The third-order valence-electron chi connectivity index (χ3n) is 4.32. The van der Waals surface area contributed by atoms with Gasteiger partial charge in [0.2, 0.25) is 0 Å². The van der Waals surface area contributed by atoms with Crippen molar-refractivity contribution < 1.29 is 13.9 Å². The molecule has 0 spiro atoms. The minimum atomic E-state index is -0.308. The summed E-state index contributed by atoms with van der Waals surface area (Å²) in [6.45, 7) is 2.21. The normalized spacial score (nSPS) is 11.1. The van der Waals surface area contributed by atoms with Crippen molar-refractivity contribution in [2.75, 3.05) is 7.11 Å². The number of methoxy groups -OCH3 is 1. The Bertz CT molecular complexity index is 1090. The van der Waals surface area contributed by atoms with Gasteiger partial charge in [-0.25, -0.2) is 4.39 Å². The second-order valence-electron chi connectivity index (χ2n) is 6.49. The summed E-state index contributed by atoms with van der Waals surface area (Å²) < 4.78 is 25.4. The highest BCUT2D eigenvalue weighted by Gasteiger charge is 2.12. The Morgan fingerprint density at radius 1 is 1.14 bits per heavy atom. The summed E-state index contributed by atoms with van der Waals surface area (Å²) in [6, 6.07) is 20.0. The minimum Gasteiger partial charge on any atom is -0.493 e. The average molecular weight is 452 g/mol. The molecule has 0 amide bonds. The van der Waals surface area contributed by atoms with E-state index in [2.05, 4.69) is 22.0 Å². The zero-order valence-electron chi connectivity index (χ0n) is 16.1. The van der Waals surface area contributed by atoms with Gasteiger partial charge in [0.1, 0.15) is 12.4 Å². The van der Waals surface area contributed by atoms with Gasteiger partial charge in [-0.2, -0.15) is 5.26 Å². The molecule has 0 fully saturated rings. The van der Waals surface area contributed by atoms with Crippen LogP contribution in [0.15, 0.2) is 65.1 Å². The number of hydrogen-bond acceptors (Lipinski definition) is 3. The van der Waals surface area contributed by atoms with Gasteiger partial charge >= 0.3 is 0 Å². The van der Waals surface area contributed by atoms with Crippen molar-refractivity contribution in [1.29, 1.82) is 5.26 Å². The van der Waals surface area contributed by atoms with Crippen LogP contribution < -0.4 is 9.47 Å². The number of aryl methyl sites for hydroxylation is 1. The first kappa shape index (κ1) is 20.6. The van der Waals surface area contributed by atoms with Gasteiger partial charge in [-0.3, -0.25) is 0 Å². The number of halogens is 2. The maximum absolute atomic E-state index is 13.4. The molecule has 146 valence electrons. The maximum atomic E-state index is 13.4. The highest BCUT2D eigenvalue weighted by atomic mass is 79.9. The van der Waals surface area contributed by atoms with Crippen molar-refractivity contribution >= 4 is 27.6 Å². The van der Waals surface area contributed by atoms with Crippen molar-refractivity contribution in [2.24, 2.45) is 0 Å². The van der Waals surface area contributed by atoms with Gasteiger partial charge in [0.25, 0.3) is 0 Å². The molecule has 0 bridgehead atoms. The molecule has 0 saturated heterocycles. The second-order valence-corrected chi connectivity index (χ2v) is 7.34. The fourth-order valence-corrected chi connectivity index (χ4v) is 3.40. The van der Waals surface area contributed by atoms with Gasteiger partial charge in [-0.15, -0.1) is 0 Å². The quantitative estimate of drug-likeness (QED) is 0.315. The van der Waals surface area contributed by atoms with Gasteiger partial charge in [0, 0.05) is 0 Å². The van der Waals surface area contributed by atoms with Crippen molar-refractivity contribution in [3.05, 3.63) is 93.2 Å². The van der Waals surface area contributed by atoms with E-state index in [4.69, 9.17) is 9.47 Å². The van der Waals surface area contributed by atoms with Crippen LogP contribution in [-0.2, 0) is 6.61 Å². The number of rotatable bonds is 6. The van der Waals surface area contributed by atoms with E-state index >= 15 is 0 Å². The lowest BCUT2D eigenvalue weighted by Gasteiger charge is -2.14. The lowest BCUT2D eigenvalue weighted by molar-refractivity contribution is 0.282. The van der Waals surface area contributed by atoms with Gasteiger partial charge < -0.3 is 9.47 Å². The molecule has 0 aliphatic carbocycles. The Balaban J connectivity index is 1.89. The first-order valence-corrected chi connectivity index (χ1v) is 9.73. The summed E-state index contributed by atoms with van der Waals surface area (Å²) in [5.74, 6) is 0.726. The standard InChI is InChI=1S/C24H19BrFNO2/c1-16-6-8-19(9-7-16)20(14-27)10-18-12-22(25)24(23(13-18)28-2)29-15-17-4-3-5-21(26)11-17/h3-13H,15H2,1-2H3/b20-10+.